The molecule has 2 heterocycles. The minimum absolute atomic E-state index is 0.132. The number of benzene rings is 1. The number of nitrogens with two attached hydrogens (primary N) is 1. The van der Waals surface area contributed by atoms with Crippen molar-refractivity contribution in [3.63, 3.8) is 0 Å². The Balaban J connectivity index is 1.66. The number of sulfonamides is 1. The topological polar surface area (TPSA) is 92.4 Å². The van der Waals surface area contributed by atoms with E-state index in [2.05, 4.69) is 19.8 Å². The summed E-state index contributed by atoms with van der Waals surface area (Å²) >= 11 is 0. The fraction of sp³-hybridized carbons (Fsp3) is 0.333. The molecule has 2 aromatic rings. The molecule has 0 spiro atoms. The van der Waals surface area contributed by atoms with Crippen LogP contribution < -0.4 is 14.9 Å². The molecule has 8 heteroatoms. The summed E-state index contributed by atoms with van der Waals surface area (Å²) in [5.41, 5.74) is 2.03. The minimum atomic E-state index is -3.64. The first-order valence-electron chi connectivity index (χ1n) is 7.35. The third kappa shape index (κ3) is 3.59. The summed E-state index contributed by atoms with van der Waals surface area (Å²) in [6.07, 6.45) is 3.64. The standard InChI is InChI=1S/C15H19N5O2S/c1-12-10-17-15(18-11-12)20-8-6-19(7-9-20)13-2-4-14(5-3-13)23(16,21)22/h2-5,10-11H,6-9H2,1H3,(H2,16,21,22). The van der Waals surface area contributed by atoms with Gasteiger partial charge in [0.05, 0.1) is 4.90 Å². The zero-order valence-electron chi connectivity index (χ0n) is 12.9. The average molecular weight is 333 g/mol. The predicted molar refractivity (Wildman–Crippen MR) is 89.0 cm³/mol. The van der Waals surface area contributed by atoms with Crippen molar-refractivity contribution in [2.45, 2.75) is 11.8 Å². The van der Waals surface area contributed by atoms with Crippen LogP contribution >= 0.6 is 0 Å². The Morgan fingerprint density at radius 2 is 1.48 bits per heavy atom. The van der Waals surface area contributed by atoms with Gasteiger partial charge in [0, 0.05) is 44.3 Å². The Hall–Kier alpha value is -2.19. The van der Waals surface area contributed by atoms with Crippen molar-refractivity contribution in [1.29, 1.82) is 0 Å². The lowest BCUT2D eigenvalue weighted by molar-refractivity contribution is 0.597. The molecule has 3 rings (SSSR count). The number of hydrogen-bond donors (Lipinski definition) is 1. The second kappa shape index (κ2) is 6.13. The van der Waals surface area contributed by atoms with E-state index in [0.717, 1.165) is 43.4 Å². The number of hydrogen-bond acceptors (Lipinski definition) is 6. The van der Waals surface area contributed by atoms with Crippen molar-refractivity contribution in [3.05, 3.63) is 42.2 Å². The Labute approximate surface area is 135 Å². The number of primary sulfonamides is 1. The Morgan fingerprint density at radius 3 is 2.00 bits per heavy atom. The van der Waals surface area contributed by atoms with Gasteiger partial charge in [0.25, 0.3) is 0 Å². The number of aromatic nitrogens is 2. The average Bonchev–Trinajstić information content (AvgIpc) is 2.55. The minimum Gasteiger partial charge on any atom is -0.368 e. The van der Waals surface area contributed by atoms with Crippen molar-refractivity contribution in [3.8, 4) is 0 Å². The molecule has 1 saturated heterocycles. The van der Waals surface area contributed by atoms with E-state index in [9.17, 15) is 8.42 Å². The van der Waals surface area contributed by atoms with E-state index in [1.54, 1.807) is 24.3 Å². The van der Waals surface area contributed by atoms with Crippen LogP contribution in [0.1, 0.15) is 5.56 Å². The highest BCUT2D eigenvalue weighted by atomic mass is 32.2. The molecule has 23 heavy (non-hydrogen) atoms. The van der Waals surface area contributed by atoms with Crippen molar-refractivity contribution in [2.24, 2.45) is 5.14 Å². The zero-order chi connectivity index (χ0) is 16.4. The fourth-order valence-electron chi connectivity index (χ4n) is 2.56. The molecule has 1 aromatic carbocycles. The van der Waals surface area contributed by atoms with Gasteiger partial charge >= 0.3 is 0 Å². The van der Waals surface area contributed by atoms with Crippen LogP contribution in [-0.2, 0) is 10.0 Å². The molecule has 7 nitrogen and oxygen atoms in total. The van der Waals surface area contributed by atoms with Gasteiger partial charge in [-0.25, -0.2) is 23.5 Å². The van der Waals surface area contributed by atoms with E-state index in [1.165, 1.54) is 0 Å². The molecule has 122 valence electrons. The number of piperazine rings is 1. The summed E-state index contributed by atoms with van der Waals surface area (Å²) < 4.78 is 22.6. The first kappa shape index (κ1) is 15.7. The molecule has 2 N–H and O–H groups in total. The first-order chi connectivity index (χ1) is 10.9. The van der Waals surface area contributed by atoms with Gasteiger partial charge in [-0.2, -0.15) is 0 Å². The quantitative estimate of drug-likeness (QED) is 0.891. The van der Waals surface area contributed by atoms with Crippen LogP contribution in [-0.4, -0.2) is 44.6 Å². The van der Waals surface area contributed by atoms with Crippen molar-refractivity contribution in [1.82, 2.24) is 9.97 Å². The Morgan fingerprint density at radius 1 is 0.957 bits per heavy atom. The SMILES string of the molecule is Cc1cnc(N2CCN(c3ccc(S(N)(=O)=O)cc3)CC2)nc1. The third-order valence-corrected chi connectivity index (χ3v) is 4.79. The maximum absolute atomic E-state index is 11.3. The van der Waals surface area contributed by atoms with E-state index in [4.69, 9.17) is 5.14 Å². The van der Waals surface area contributed by atoms with Crippen LogP contribution in [0.5, 0.6) is 0 Å². The molecule has 1 aromatic heterocycles. The molecule has 0 saturated carbocycles. The summed E-state index contributed by atoms with van der Waals surface area (Å²) in [4.78, 5) is 13.2. The number of anilines is 2. The third-order valence-electron chi connectivity index (χ3n) is 3.86. The van der Waals surface area contributed by atoms with Gasteiger partial charge in [-0.1, -0.05) is 0 Å². The van der Waals surface area contributed by atoms with Gasteiger partial charge in [0.2, 0.25) is 16.0 Å². The highest BCUT2D eigenvalue weighted by Crippen LogP contribution is 2.20. The van der Waals surface area contributed by atoms with Crippen molar-refractivity contribution < 1.29 is 8.42 Å². The normalized spacial score (nSPS) is 15.7. The summed E-state index contributed by atoms with van der Waals surface area (Å²) in [6.45, 7) is 5.25. The summed E-state index contributed by atoms with van der Waals surface area (Å²) in [5, 5.41) is 5.12. The Bertz CT molecular complexity index is 767. The second-order valence-electron chi connectivity index (χ2n) is 5.57. The maximum atomic E-state index is 11.3. The summed E-state index contributed by atoms with van der Waals surface area (Å²) in [6, 6.07) is 6.66. The number of rotatable bonds is 3. The maximum Gasteiger partial charge on any atom is 0.238 e. The molecule has 0 unspecified atom stereocenters. The lowest BCUT2D eigenvalue weighted by Gasteiger charge is -2.36. The predicted octanol–water partition coefficient (Wildman–Crippen LogP) is 0.759. The van der Waals surface area contributed by atoms with E-state index in [1.807, 2.05) is 19.3 Å². The highest BCUT2D eigenvalue weighted by Gasteiger charge is 2.19. The largest absolute Gasteiger partial charge is 0.368 e. The van der Waals surface area contributed by atoms with E-state index in [0.29, 0.717) is 0 Å². The fourth-order valence-corrected chi connectivity index (χ4v) is 3.08. The summed E-state index contributed by atoms with van der Waals surface area (Å²) in [7, 11) is -3.64. The van der Waals surface area contributed by atoms with Gasteiger partial charge in [0.1, 0.15) is 0 Å². The molecule has 1 fully saturated rings. The van der Waals surface area contributed by atoms with Crippen LogP contribution in [0.15, 0.2) is 41.6 Å². The first-order valence-corrected chi connectivity index (χ1v) is 8.89. The van der Waals surface area contributed by atoms with E-state index in [-0.39, 0.29) is 4.90 Å². The molecule has 0 amide bonds. The lowest BCUT2D eigenvalue weighted by atomic mass is 10.2. The van der Waals surface area contributed by atoms with Crippen molar-refractivity contribution in [2.75, 3.05) is 36.0 Å². The van der Waals surface area contributed by atoms with Gasteiger partial charge in [0.15, 0.2) is 0 Å². The number of aryl methyl sites for hydroxylation is 1. The van der Waals surface area contributed by atoms with Gasteiger partial charge in [-0.15, -0.1) is 0 Å². The van der Waals surface area contributed by atoms with Crippen LogP contribution in [0.3, 0.4) is 0 Å². The van der Waals surface area contributed by atoms with Crippen LogP contribution in [0.2, 0.25) is 0 Å². The van der Waals surface area contributed by atoms with E-state index < -0.39 is 10.0 Å². The lowest BCUT2D eigenvalue weighted by Crippen LogP contribution is -2.47. The van der Waals surface area contributed by atoms with Crippen molar-refractivity contribution >= 4 is 21.7 Å². The van der Waals surface area contributed by atoms with E-state index >= 15 is 0 Å². The molecule has 1 aliphatic rings. The monoisotopic (exact) mass is 333 g/mol. The van der Waals surface area contributed by atoms with Gasteiger partial charge in [-0.3, -0.25) is 0 Å². The van der Waals surface area contributed by atoms with Crippen LogP contribution in [0, 0.1) is 6.92 Å². The van der Waals surface area contributed by atoms with Gasteiger partial charge < -0.3 is 9.80 Å². The number of nitrogens with zero attached hydrogens (tertiary/aromatic N) is 4. The molecule has 0 radical (unpaired) electrons. The molecular formula is C15H19N5O2S. The molecule has 0 aliphatic carbocycles. The van der Waals surface area contributed by atoms with Crippen LogP contribution in [0.4, 0.5) is 11.6 Å². The highest BCUT2D eigenvalue weighted by molar-refractivity contribution is 7.89. The zero-order valence-corrected chi connectivity index (χ0v) is 13.7. The molecule has 1 aliphatic heterocycles. The van der Waals surface area contributed by atoms with Crippen LogP contribution in [0.25, 0.3) is 0 Å². The Kier molecular flexibility index (Phi) is 4.18. The second-order valence-corrected chi connectivity index (χ2v) is 7.13. The molecule has 0 bridgehead atoms. The molecular weight excluding hydrogens is 314 g/mol. The van der Waals surface area contributed by atoms with Gasteiger partial charge in [-0.05, 0) is 36.8 Å². The molecule has 0 atom stereocenters. The smallest absolute Gasteiger partial charge is 0.238 e. The summed E-state index contributed by atoms with van der Waals surface area (Å²) in [5.74, 6) is 0.750.